The van der Waals surface area contributed by atoms with E-state index in [1.807, 2.05) is 0 Å². The number of anilines is 2. The first-order valence-corrected chi connectivity index (χ1v) is 6.07. The van der Waals surface area contributed by atoms with Gasteiger partial charge < -0.3 is 15.8 Å². The summed E-state index contributed by atoms with van der Waals surface area (Å²) in [6, 6.07) is 2.91. The van der Waals surface area contributed by atoms with Crippen molar-refractivity contribution in [3.8, 4) is 5.75 Å². The van der Waals surface area contributed by atoms with Crippen molar-refractivity contribution in [3.05, 3.63) is 17.9 Å². The van der Waals surface area contributed by atoms with Gasteiger partial charge in [0.15, 0.2) is 0 Å². The largest absolute Gasteiger partial charge is 0.495 e. The van der Waals surface area contributed by atoms with Crippen molar-refractivity contribution in [1.82, 2.24) is 0 Å². The van der Waals surface area contributed by atoms with Gasteiger partial charge in [0.25, 0.3) is 0 Å². The van der Waals surface area contributed by atoms with Crippen molar-refractivity contribution in [1.29, 1.82) is 0 Å². The third kappa shape index (κ3) is 3.25. The van der Waals surface area contributed by atoms with Crippen LogP contribution in [0.5, 0.6) is 5.75 Å². The Morgan fingerprint density at radius 3 is 2.88 bits per heavy atom. The minimum Gasteiger partial charge on any atom is -0.495 e. The maximum Gasteiger partial charge on any atom is 0.148 e. The van der Waals surface area contributed by atoms with Gasteiger partial charge in [-0.15, -0.1) is 0 Å². The van der Waals surface area contributed by atoms with Crippen LogP contribution >= 0.6 is 0 Å². The molecule has 4 heteroatoms. The average molecular weight is 238 g/mol. The Morgan fingerprint density at radius 1 is 1.47 bits per heavy atom. The predicted molar refractivity (Wildman–Crippen MR) is 67.8 cm³/mol. The highest BCUT2D eigenvalue weighted by Gasteiger charge is 2.20. The molecule has 0 aliphatic heterocycles. The molecule has 0 aromatic heterocycles. The zero-order valence-corrected chi connectivity index (χ0v) is 10.1. The van der Waals surface area contributed by atoms with Gasteiger partial charge in [0.2, 0.25) is 0 Å². The van der Waals surface area contributed by atoms with E-state index < -0.39 is 0 Å². The molecular weight excluding hydrogens is 219 g/mol. The van der Waals surface area contributed by atoms with Crippen LogP contribution in [0.15, 0.2) is 12.1 Å². The molecule has 94 valence electrons. The van der Waals surface area contributed by atoms with Crippen LogP contribution < -0.4 is 15.8 Å². The molecule has 0 unspecified atom stereocenters. The zero-order chi connectivity index (χ0) is 12.3. The Hall–Kier alpha value is -1.45. The monoisotopic (exact) mass is 238 g/mol. The van der Waals surface area contributed by atoms with E-state index in [2.05, 4.69) is 5.32 Å². The topological polar surface area (TPSA) is 47.3 Å². The van der Waals surface area contributed by atoms with Gasteiger partial charge in [0, 0.05) is 18.7 Å². The first-order chi connectivity index (χ1) is 8.20. The standard InChI is InChI=1S/C13H19FN2O/c1-17-13-8-12(10(14)7-11(13)15)16-6-2-3-9-4-5-9/h7-9,16H,2-6,15H2,1H3. The van der Waals surface area contributed by atoms with Gasteiger partial charge in [-0.3, -0.25) is 0 Å². The molecule has 2 rings (SSSR count). The summed E-state index contributed by atoms with van der Waals surface area (Å²) in [4.78, 5) is 0. The highest BCUT2D eigenvalue weighted by molar-refractivity contribution is 5.62. The minimum absolute atomic E-state index is 0.324. The molecule has 1 fully saturated rings. The van der Waals surface area contributed by atoms with Crippen LogP contribution in [0.3, 0.4) is 0 Å². The van der Waals surface area contributed by atoms with Crippen molar-refractivity contribution in [2.24, 2.45) is 5.92 Å². The molecule has 17 heavy (non-hydrogen) atoms. The summed E-state index contributed by atoms with van der Waals surface area (Å²) in [5.74, 6) is 1.11. The van der Waals surface area contributed by atoms with Gasteiger partial charge in [0.05, 0.1) is 18.5 Å². The average Bonchev–Trinajstić information content (AvgIpc) is 3.10. The Bertz CT molecular complexity index is 391. The highest BCUT2D eigenvalue weighted by atomic mass is 19.1. The van der Waals surface area contributed by atoms with E-state index in [4.69, 9.17) is 10.5 Å². The molecule has 0 amide bonds. The molecule has 0 radical (unpaired) electrons. The number of nitrogen functional groups attached to an aromatic ring is 1. The molecule has 0 bridgehead atoms. The number of halogens is 1. The van der Waals surface area contributed by atoms with E-state index in [1.54, 1.807) is 6.07 Å². The normalized spacial score (nSPS) is 14.7. The van der Waals surface area contributed by atoms with Gasteiger partial charge >= 0.3 is 0 Å². The first kappa shape index (κ1) is 12.0. The molecule has 1 aromatic rings. The number of hydrogen-bond donors (Lipinski definition) is 2. The summed E-state index contributed by atoms with van der Waals surface area (Å²) in [5.41, 5.74) is 6.40. The molecule has 0 heterocycles. The summed E-state index contributed by atoms with van der Waals surface area (Å²) in [6.45, 7) is 0.792. The minimum atomic E-state index is -0.324. The Labute approximate surface area is 101 Å². The Kier molecular flexibility index (Phi) is 3.71. The van der Waals surface area contributed by atoms with Crippen LogP contribution in [-0.2, 0) is 0 Å². The molecule has 0 spiro atoms. The van der Waals surface area contributed by atoms with E-state index >= 15 is 0 Å². The maximum atomic E-state index is 13.6. The van der Waals surface area contributed by atoms with E-state index in [0.29, 0.717) is 17.1 Å². The van der Waals surface area contributed by atoms with Gasteiger partial charge in [0.1, 0.15) is 11.6 Å². The molecule has 1 aliphatic carbocycles. The maximum absolute atomic E-state index is 13.6. The SMILES string of the molecule is COc1cc(NCCCC2CC2)c(F)cc1N. The fourth-order valence-corrected chi connectivity index (χ4v) is 1.90. The lowest BCUT2D eigenvalue weighted by Crippen LogP contribution is -2.05. The quantitative estimate of drug-likeness (QED) is 0.591. The molecule has 0 saturated heterocycles. The van der Waals surface area contributed by atoms with Crippen LogP contribution in [-0.4, -0.2) is 13.7 Å². The molecule has 1 aromatic carbocycles. The number of methoxy groups -OCH3 is 1. The lowest BCUT2D eigenvalue weighted by Gasteiger charge is -2.11. The van der Waals surface area contributed by atoms with Crippen LogP contribution in [0.25, 0.3) is 0 Å². The second kappa shape index (κ2) is 5.25. The molecule has 1 saturated carbocycles. The second-order valence-corrected chi connectivity index (χ2v) is 4.59. The number of rotatable bonds is 6. The lowest BCUT2D eigenvalue weighted by molar-refractivity contribution is 0.416. The summed E-state index contributed by atoms with van der Waals surface area (Å²) < 4.78 is 18.6. The van der Waals surface area contributed by atoms with E-state index in [1.165, 1.54) is 32.4 Å². The zero-order valence-electron chi connectivity index (χ0n) is 10.1. The molecule has 3 N–H and O–H groups in total. The second-order valence-electron chi connectivity index (χ2n) is 4.59. The fraction of sp³-hybridized carbons (Fsp3) is 0.538. The van der Waals surface area contributed by atoms with Crippen molar-refractivity contribution in [2.75, 3.05) is 24.7 Å². The molecule has 0 atom stereocenters. The van der Waals surface area contributed by atoms with Gasteiger partial charge in [-0.1, -0.05) is 12.8 Å². The van der Waals surface area contributed by atoms with Crippen LogP contribution in [0.2, 0.25) is 0 Å². The van der Waals surface area contributed by atoms with E-state index in [0.717, 1.165) is 18.9 Å². The Balaban J connectivity index is 1.89. The van der Waals surface area contributed by atoms with E-state index in [9.17, 15) is 4.39 Å². The highest BCUT2D eigenvalue weighted by Crippen LogP contribution is 2.33. The third-order valence-corrected chi connectivity index (χ3v) is 3.12. The number of ether oxygens (including phenoxy) is 1. The number of benzene rings is 1. The fourth-order valence-electron chi connectivity index (χ4n) is 1.90. The van der Waals surface area contributed by atoms with Gasteiger partial charge in [-0.25, -0.2) is 4.39 Å². The number of nitrogens with one attached hydrogen (secondary N) is 1. The van der Waals surface area contributed by atoms with E-state index in [-0.39, 0.29) is 5.82 Å². The van der Waals surface area contributed by atoms with Crippen LogP contribution in [0, 0.1) is 11.7 Å². The van der Waals surface area contributed by atoms with Crippen molar-refractivity contribution >= 4 is 11.4 Å². The summed E-state index contributed by atoms with van der Waals surface area (Å²) >= 11 is 0. The number of nitrogens with two attached hydrogens (primary N) is 1. The van der Waals surface area contributed by atoms with Crippen molar-refractivity contribution in [3.63, 3.8) is 0 Å². The van der Waals surface area contributed by atoms with Crippen LogP contribution in [0.1, 0.15) is 25.7 Å². The predicted octanol–water partition coefficient (Wildman–Crippen LogP) is 3.02. The summed E-state index contributed by atoms with van der Waals surface area (Å²) in [6.07, 6.45) is 5.05. The van der Waals surface area contributed by atoms with Crippen LogP contribution in [0.4, 0.5) is 15.8 Å². The smallest absolute Gasteiger partial charge is 0.148 e. The van der Waals surface area contributed by atoms with Crippen molar-refractivity contribution in [2.45, 2.75) is 25.7 Å². The first-order valence-electron chi connectivity index (χ1n) is 6.07. The van der Waals surface area contributed by atoms with Gasteiger partial charge in [-0.2, -0.15) is 0 Å². The molecule has 1 aliphatic rings. The van der Waals surface area contributed by atoms with Crippen molar-refractivity contribution < 1.29 is 9.13 Å². The number of hydrogen-bond acceptors (Lipinski definition) is 3. The molecule has 3 nitrogen and oxygen atoms in total. The molecular formula is C13H19FN2O. The lowest BCUT2D eigenvalue weighted by atomic mass is 10.2. The summed E-state index contributed by atoms with van der Waals surface area (Å²) in [5, 5.41) is 3.09. The Morgan fingerprint density at radius 2 is 2.24 bits per heavy atom. The summed E-state index contributed by atoms with van der Waals surface area (Å²) in [7, 11) is 1.53. The third-order valence-electron chi connectivity index (χ3n) is 3.12. The van der Waals surface area contributed by atoms with Gasteiger partial charge in [-0.05, 0) is 18.8 Å².